The van der Waals surface area contributed by atoms with Crippen molar-refractivity contribution in [2.24, 2.45) is 0 Å². The van der Waals surface area contributed by atoms with Crippen LogP contribution >= 0.6 is 0 Å². The molecule has 1 aromatic heterocycles. The summed E-state index contributed by atoms with van der Waals surface area (Å²) in [5.41, 5.74) is 0.843. The summed E-state index contributed by atoms with van der Waals surface area (Å²) in [7, 11) is 0. The number of esters is 1. The fourth-order valence-electron chi connectivity index (χ4n) is 1.03. The molecule has 5 nitrogen and oxygen atoms in total. The van der Waals surface area contributed by atoms with Crippen molar-refractivity contribution < 1.29 is 18.7 Å². The van der Waals surface area contributed by atoms with Gasteiger partial charge in [-0.25, -0.2) is 4.98 Å². The Morgan fingerprint density at radius 1 is 1.67 bits per heavy atom. The van der Waals surface area contributed by atoms with Crippen LogP contribution in [0.25, 0.3) is 6.08 Å². The second-order valence-corrected chi connectivity index (χ2v) is 2.93. The molecule has 0 aliphatic carbocycles. The average molecular weight is 209 g/mol. The molecule has 5 heteroatoms. The number of aromatic nitrogens is 1. The van der Waals surface area contributed by atoms with E-state index >= 15 is 0 Å². The van der Waals surface area contributed by atoms with E-state index in [9.17, 15) is 9.59 Å². The summed E-state index contributed by atoms with van der Waals surface area (Å²) < 4.78 is 9.60. The van der Waals surface area contributed by atoms with Crippen molar-refractivity contribution >= 4 is 18.3 Å². The number of carbonyl (C=O) groups excluding carboxylic acids is 2. The molecule has 0 fully saturated rings. The number of carbonyl (C=O) groups is 2. The molecule has 1 unspecified atom stereocenters. The van der Waals surface area contributed by atoms with Crippen LogP contribution in [0.4, 0.5) is 0 Å². The Morgan fingerprint density at radius 3 is 2.87 bits per heavy atom. The maximum Gasteiger partial charge on any atom is 0.303 e. The summed E-state index contributed by atoms with van der Waals surface area (Å²) in [4.78, 5) is 25.2. The molecule has 0 aliphatic heterocycles. The van der Waals surface area contributed by atoms with Gasteiger partial charge in [-0.1, -0.05) is 0 Å². The van der Waals surface area contributed by atoms with Crippen LogP contribution in [0.2, 0.25) is 0 Å². The molecule has 0 radical (unpaired) electrons. The lowest BCUT2D eigenvalue weighted by atomic mass is 10.1. The van der Waals surface area contributed by atoms with Crippen LogP contribution in [0.15, 0.2) is 22.6 Å². The maximum absolute atomic E-state index is 10.7. The number of oxazole rings is 1. The van der Waals surface area contributed by atoms with E-state index < -0.39 is 12.1 Å². The van der Waals surface area contributed by atoms with Crippen molar-refractivity contribution in [2.45, 2.75) is 20.0 Å². The maximum atomic E-state index is 10.7. The molecule has 0 amide bonds. The third-order valence-corrected chi connectivity index (χ3v) is 1.71. The Morgan fingerprint density at radius 2 is 2.40 bits per heavy atom. The number of hydrogen-bond acceptors (Lipinski definition) is 5. The molecule has 15 heavy (non-hydrogen) atoms. The Balaban J connectivity index is 2.79. The van der Waals surface area contributed by atoms with Crippen molar-refractivity contribution in [1.29, 1.82) is 0 Å². The van der Waals surface area contributed by atoms with E-state index in [4.69, 9.17) is 9.15 Å². The molecule has 0 spiro atoms. The molecule has 0 aromatic carbocycles. The topological polar surface area (TPSA) is 69.4 Å². The highest BCUT2D eigenvalue weighted by atomic mass is 16.5. The van der Waals surface area contributed by atoms with Gasteiger partial charge in [0.2, 0.25) is 0 Å². The van der Waals surface area contributed by atoms with Gasteiger partial charge < -0.3 is 9.15 Å². The smallest absolute Gasteiger partial charge is 0.303 e. The molecular formula is C10H11NO4. The summed E-state index contributed by atoms with van der Waals surface area (Å²) >= 11 is 0. The van der Waals surface area contributed by atoms with Gasteiger partial charge in [0.25, 0.3) is 0 Å². The number of hydrogen-bond donors (Lipinski definition) is 0. The molecule has 0 aliphatic rings. The first-order valence-electron chi connectivity index (χ1n) is 4.35. The first kappa shape index (κ1) is 11.2. The first-order valence-corrected chi connectivity index (χ1v) is 4.35. The van der Waals surface area contributed by atoms with Gasteiger partial charge >= 0.3 is 5.97 Å². The Hall–Kier alpha value is -1.91. The van der Waals surface area contributed by atoms with Crippen LogP contribution in [0, 0.1) is 0 Å². The molecule has 0 saturated carbocycles. The number of rotatable bonds is 4. The van der Waals surface area contributed by atoms with Gasteiger partial charge in [-0.2, -0.15) is 0 Å². The summed E-state index contributed by atoms with van der Waals surface area (Å²) in [5, 5.41) is 0. The lowest BCUT2D eigenvalue weighted by Gasteiger charge is -2.10. The Labute approximate surface area is 86.7 Å². The molecule has 1 heterocycles. The van der Waals surface area contributed by atoms with Gasteiger partial charge in [-0.15, -0.1) is 0 Å². The van der Waals surface area contributed by atoms with E-state index in [1.54, 1.807) is 6.92 Å². The van der Waals surface area contributed by atoms with E-state index in [1.807, 2.05) is 0 Å². The summed E-state index contributed by atoms with van der Waals surface area (Å²) in [6, 6.07) is 0. The van der Waals surface area contributed by atoms with Gasteiger partial charge in [0.1, 0.15) is 24.3 Å². The predicted octanol–water partition coefficient (Wildman–Crippen LogP) is 1.21. The molecule has 1 atom stereocenters. The quantitative estimate of drug-likeness (QED) is 0.423. The highest BCUT2D eigenvalue weighted by Crippen LogP contribution is 2.09. The van der Waals surface area contributed by atoms with Crippen LogP contribution in [0.1, 0.15) is 19.5 Å². The van der Waals surface area contributed by atoms with Gasteiger partial charge in [-0.05, 0) is 13.0 Å². The Bertz CT molecular complexity index is 367. The fraction of sp³-hybridized carbons (Fsp3) is 0.300. The normalized spacial score (nSPS) is 13.3. The number of aldehydes is 1. The SMILES string of the molecule is CC(=O)OC(C)/C(C=O)=C/c1cocn1. The van der Waals surface area contributed by atoms with Crippen molar-refractivity contribution in [3.63, 3.8) is 0 Å². The minimum atomic E-state index is -0.586. The second-order valence-electron chi connectivity index (χ2n) is 2.93. The van der Waals surface area contributed by atoms with E-state index in [1.165, 1.54) is 25.7 Å². The van der Waals surface area contributed by atoms with Crippen molar-refractivity contribution in [3.8, 4) is 0 Å². The fourth-order valence-corrected chi connectivity index (χ4v) is 1.03. The van der Waals surface area contributed by atoms with Crippen molar-refractivity contribution in [3.05, 3.63) is 23.9 Å². The minimum absolute atomic E-state index is 0.333. The van der Waals surface area contributed by atoms with Gasteiger partial charge in [0.05, 0.1) is 0 Å². The molecule has 0 saturated heterocycles. The van der Waals surface area contributed by atoms with Gasteiger partial charge in [-0.3, -0.25) is 9.59 Å². The van der Waals surface area contributed by atoms with E-state index in [-0.39, 0.29) is 0 Å². The molecule has 0 bridgehead atoms. The zero-order chi connectivity index (χ0) is 11.3. The summed E-state index contributed by atoms with van der Waals surface area (Å²) in [6.45, 7) is 2.90. The van der Waals surface area contributed by atoms with Gasteiger partial charge in [0, 0.05) is 12.5 Å². The molecule has 0 N–H and O–H groups in total. The predicted molar refractivity (Wildman–Crippen MR) is 51.8 cm³/mol. The largest absolute Gasteiger partial charge is 0.458 e. The standard InChI is InChI=1S/C10H11NO4/c1-7(15-8(2)13)9(4-12)3-10-5-14-6-11-10/h3-7H,1-2H3/b9-3+. The summed E-state index contributed by atoms with van der Waals surface area (Å²) in [6.07, 6.45) is 4.19. The van der Waals surface area contributed by atoms with Crippen LogP contribution in [-0.4, -0.2) is 23.3 Å². The highest BCUT2D eigenvalue weighted by Gasteiger charge is 2.11. The van der Waals surface area contributed by atoms with Crippen molar-refractivity contribution in [2.75, 3.05) is 0 Å². The molecule has 80 valence electrons. The van der Waals surface area contributed by atoms with Gasteiger partial charge in [0.15, 0.2) is 6.39 Å². The average Bonchev–Trinajstić information content (AvgIpc) is 2.65. The first-order chi connectivity index (χ1) is 7.13. The minimum Gasteiger partial charge on any atom is -0.458 e. The van der Waals surface area contributed by atoms with Crippen LogP contribution in [0.5, 0.6) is 0 Å². The van der Waals surface area contributed by atoms with E-state index in [2.05, 4.69) is 4.98 Å². The molecule has 1 aromatic rings. The molecule has 1 rings (SSSR count). The lowest BCUT2D eigenvalue weighted by molar-refractivity contribution is -0.143. The zero-order valence-corrected chi connectivity index (χ0v) is 8.47. The van der Waals surface area contributed by atoms with E-state index in [0.717, 1.165) is 0 Å². The Kier molecular flexibility index (Phi) is 3.79. The number of nitrogens with zero attached hydrogens (tertiary/aromatic N) is 1. The highest BCUT2D eigenvalue weighted by molar-refractivity contribution is 5.83. The lowest BCUT2D eigenvalue weighted by Crippen LogP contribution is -2.15. The van der Waals surface area contributed by atoms with Crippen LogP contribution < -0.4 is 0 Å². The zero-order valence-electron chi connectivity index (χ0n) is 8.47. The summed E-state index contributed by atoms with van der Waals surface area (Å²) in [5.74, 6) is -0.435. The second kappa shape index (κ2) is 5.09. The van der Waals surface area contributed by atoms with Crippen molar-refractivity contribution in [1.82, 2.24) is 4.98 Å². The van der Waals surface area contributed by atoms with Crippen LogP contribution in [-0.2, 0) is 14.3 Å². The van der Waals surface area contributed by atoms with Crippen LogP contribution in [0.3, 0.4) is 0 Å². The third-order valence-electron chi connectivity index (χ3n) is 1.71. The van der Waals surface area contributed by atoms with E-state index in [0.29, 0.717) is 17.6 Å². The molecular weight excluding hydrogens is 198 g/mol. The monoisotopic (exact) mass is 209 g/mol. The number of ether oxygens (including phenoxy) is 1. The third kappa shape index (κ3) is 3.38.